The highest BCUT2D eigenvalue weighted by molar-refractivity contribution is 7.09. The van der Waals surface area contributed by atoms with Crippen LogP contribution in [0.2, 0.25) is 0 Å². The van der Waals surface area contributed by atoms with Crippen LogP contribution in [0.4, 0.5) is 10.8 Å². The first-order chi connectivity index (χ1) is 7.84. The van der Waals surface area contributed by atoms with Crippen molar-refractivity contribution in [3.63, 3.8) is 0 Å². The van der Waals surface area contributed by atoms with Crippen LogP contribution in [0, 0.1) is 0 Å². The van der Waals surface area contributed by atoms with Crippen LogP contribution in [-0.4, -0.2) is 21.8 Å². The second-order valence-electron chi connectivity index (χ2n) is 4.01. The molecule has 82 valence electrons. The number of fused-ring (bicyclic) bond motifs is 1. The number of aryl methyl sites for hydroxylation is 2. The minimum absolute atomic E-state index is 0.831. The van der Waals surface area contributed by atoms with Crippen LogP contribution in [0.15, 0.2) is 18.2 Å². The summed E-state index contributed by atoms with van der Waals surface area (Å²) in [5, 5.41) is 8.42. The van der Waals surface area contributed by atoms with Gasteiger partial charge in [0.05, 0.1) is 0 Å². The van der Waals surface area contributed by atoms with Crippen molar-refractivity contribution in [3.05, 3.63) is 29.3 Å². The predicted octanol–water partition coefficient (Wildman–Crippen LogP) is 2.19. The number of rotatable bonds is 2. The average molecular weight is 232 g/mol. The van der Waals surface area contributed by atoms with Gasteiger partial charge in [-0.25, -0.2) is 0 Å². The summed E-state index contributed by atoms with van der Waals surface area (Å²) in [4.78, 5) is 2.03. The van der Waals surface area contributed by atoms with E-state index in [1.165, 1.54) is 47.6 Å². The van der Waals surface area contributed by atoms with Crippen molar-refractivity contribution in [1.29, 1.82) is 0 Å². The molecule has 5 heteroatoms. The Hall–Kier alpha value is -1.49. The molecular weight excluding hydrogens is 220 g/mol. The van der Waals surface area contributed by atoms with Crippen molar-refractivity contribution in [1.82, 2.24) is 14.8 Å². The standard InChI is InChI=1S/C11H12N4S/c1-15(11-12-13-14-16-11)10-6-5-8-3-2-4-9(8)7-10/h5-7H,2-4H2,1H3. The smallest absolute Gasteiger partial charge is 0.232 e. The van der Waals surface area contributed by atoms with Gasteiger partial charge in [-0.1, -0.05) is 15.7 Å². The molecule has 16 heavy (non-hydrogen) atoms. The molecule has 2 aromatic rings. The van der Waals surface area contributed by atoms with Crippen LogP contribution in [0.3, 0.4) is 0 Å². The van der Waals surface area contributed by atoms with Crippen molar-refractivity contribution in [2.45, 2.75) is 19.3 Å². The Balaban J connectivity index is 1.95. The van der Waals surface area contributed by atoms with E-state index in [2.05, 4.69) is 33.0 Å². The van der Waals surface area contributed by atoms with Crippen LogP contribution in [0.25, 0.3) is 0 Å². The molecule has 1 aliphatic rings. The lowest BCUT2D eigenvalue weighted by atomic mass is 10.1. The Labute approximate surface area is 98.1 Å². The third-order valence-corrected chi connectivity index (χ3v) is 3.72. The van der Waals surface area contributed by atoms with Gasteiger partial charge in [-0.3, -0.25) is 0 Å². The molecule has 0 saturated carbocycles. The average Bonchev–Trinajstić information content (AvgIpc) is 2.98. The zero-order valence-electron chi connectivity index (χ0n) is 9.05. The Kier molecular flexibility index (Phi) is 2.32. The lowest BCUT2D eigenvalue weighted by Gasteiger charge is -2.15. The molecule has 1 aromatic heterocycles. The van der Waals surface area contributed by atoms with Gasteiger partial charge in [0, 0.05) is 24.3 Å². The van der Waals surface area contributed by atoms with E-state index in [0.29, 0.717) is 0 Å². The molecule has 0 bridgehead atoms. The van der Waals surface area contributed by atoms with E-state index < -0.39 is 0 Å². The molecule has 0 saturated heterocycles. The first kappa shape index (κ1) is 9.72. The molecule has 0 radical (unpaired) electrons. The van der Waals surface area contributed by atoms with Crippen molar-refractivity contribution < 1.29 is 0 Å². The second-order valence-corrected chi connectivity index (χ2v) is 4.72. The molecule has 0 fully saturated rings. The maximum atomic E-state index is 3.97. The van der Waals surface area contributed by atoms with Crippen LogP contribution in [0.1, 0.15) is 17.5 Å². The number of hydrogen-bond acceptors (Lipinski definition) is 5. The summed E-state index contributed by atoms with van der Waals surface area (Å²) < 4.78 is 3.78. The molecule has 1 heterocycles. The van der Waals surface area contributed by atoms with Crippen LogP contribution in [0.5, 0.6) is 0 Å². The van der Waals surface area contributed by atoms with Gasteiger partial charge < -0.3 is 4.90 Å². The summed E-state index contributed by atoms with van der Waals surface area (Å²) in [6.45, 7) is 0. The maximum Gasteiger partial charge on any atom is 0.232 e. The summed E-state index contributed by atoms with van der Waals surface area (Å²) in [5.74, 6) is 0. The Morgan fingerprint density at radius 3 is 2.94 bits per heavy atom. The Bertz CT molecular complexity index is 495. The highest BCUT2D eigenvalue weighted by atomic mass is 32.1. The summed E-state index contributed by atoms with van der Waals surface area (Å²) >= 11 is 1.31. The second kappa shape index (κ2) is 3.83. The van der Waals surface area contributed by atoms with E-state index in [1.807, 2.05) is 11.9 Å². The lowest BCUT2D eigenvalue weighted by Crippen LogP contribution is -2.09. The van der Waals surface area contributed by atoms with Gasteiger partial charge in [-0.15, -0.1) is 0 Å². The molecule has 0 aliphatic heterocycles. The van der Waals surface area contributed by atoms with Gasteiger partial charge in [0.2, 0.25) is 5.13 Å². The fourth-order valence-corrected chi connectivity index (χ4v) is 2.58. The lowest BCUT2D eigenvalue weighted by molar-refractivity contribution is 0.911. The van der Waals surface area contributed by atoms with Gasteiger partial charge in [-0.2, -0.15) is 0 Å². The number of hydrogen-bond donors (Lipinski definition) is 0. The van der Waals surface area contributed by atoms with Crippen molar-refractivity contribution in [2.24, 2.45) is 0 Å². The number of aromatic nitrogens is 3. The topological polar surface area (TPSA) is 41.9 Å². The zero-order valence-corrected chi connectivity index (χ0v) is 9.87. The van der Waals surface area contributed by atoms with E-state index in [0.717, 1.165) is 5.13 Å². The van der Waals surface area contributed by atoms with Crippen LogP contribution >= 0.6 is 11.5 Å². The van der Waals surface area contributed by atoms with E-state index >= 15 is 0 Å². The number of anilines is 2. The van der Waals surface area contributed by atoms with E-state index in [4.69, 9.17) is 0 Å². The third-order valence-electron chi connectivity index (χ3n) is 3.05. The van der Waals surface area contributed by atoms with Gasteiger partial charge in [0.25, 0.3) is 0 Å². The predicted molar refractivity (Wildman–Crippen MR) is 64.2 cm³/mol. The minimum Gasteiger partial charge on any atom is -0.318 e. The number of nitrogens with zero attached hydrogens (tertiary/aromatic N) is 4. The number of benzene rings is 1. The first-order valence-electron chi connectivity index (χ1n) is 5.35. The fraction of sp³-hybridized carbons (Fsp3) is 0.364. The minimum atomic E-state index is 0.831. The van der Waals surface area contributed by atoms with Gasteiger partial charge in [0.15, 0.2) is 0 Å². The van der Waals surface area contributed by atoms with Gasteiger partial charge in [-0.05, 0) is 47.7 Å². The maximum absolute atomic E-state index is 3.97. The summed E-state index contributed by atoms with van der Waals surface area (Å²) in [6.07, 6.45) is 3.70. The monoisotopic (exact) mass is 232 g/mol. The normalized spacial score (nSPS) is 13.8. The molecule has 0 spiro atoms. The SMILES string of the molecule is CN(c1ccc2c(c1)CCC2)c1nnns1. The summed E-state index contributed by atoms with van der Waals surface area (Å²) in [5.41, 5.74) is 4.13. The van der Waals surface area contributed by atoms with Crippen LogP contribution in [-0.2, 0) is 12.8 Å². The van der Waals surface area contributed by atoms with Gasteiger partial charge >= 0.3 is 0 Å². The molecular formula is C11H12N4S. The van der Waals surface area contributed by atoms with Crippen LogP contribution < -0.4 is 4.90 Å². The molecule has 0 amide bonds. The Morgan fingerprint density at radius 1 is 1.25 bits per heavy atom. The van der Waals surface area contributed by atoms with E-state index in [1.54, 1.807) is 0 Å². The van der Waals surface area contributed by atoms with E-state index in [-0.39, 0.29) is 0 Å². The third kappa shape index (κ3) is 1.57. The molecule has 4 nitrogen and oxygen atoms in total. The highest BCUT2D eigenvalue weighted by Gasteiger charge is 2.14. The summed E-state index contributed by atoms with van der Waals surface area (Å²) in [6, 6.07) is 6.62. The van der Waals surface area contributed by atoms with Gasteiger partial charge in [0.1, 0.15) is 0 Å². The van der Waals surface area contributed by atoms with Crippen molar-refractivity contribution in [2.75, 3.05) is 11.9 Å². The quantitative estimate of drug-likeness (QED) is 0.796. The molecule has 0 unspecified atom stereocenters. The summed E-state index contributed by atoms with van der Waals surface area (Å²) in [7, 11) is 2.00. The van der Waals surface area contributed by atoms with Crippen molar-refractivity contribution >= 4 is 22.4 Å². The molecule has 0 N–H and O–H groups in total. The zero-order chi connectivity index (χ0) is 11.0. The van der Waals surface area contributed by atoms with E-state index in [9.17, 15) is 0 Å². The molecule has 1 aliphatic carbocycles. The highest BCUT2D eigenvalue weighted by Crippen LogP contribution is 2.29. The largest absolute Gasteiger partial charge is 0.318 e. The molecule has 0 atom stereocenters. The molecule has 3 rings (SSSR count). The first-order valence-corrected chi connectivity index (χ1v) is 6.12. The van der Waals surface area contributed by atoms with Crippen molar-refractivity contribution in [3.8, 4) is 0 Å². The Morgan fingerprint density at radius 2 is 2.12 bits per heavy atom. The fourth-order valence-electron chi connectivity index (χ4n) is 2.14. The molecule has 1 aromatic carbocycles.